The smallest absolute Gasteiger partial charge is 0.153 e. The molecule has 0 aromatic rings. The molecule has 1 aliphatic heterocycles. The van der Waals surface area contributed by atoms with E-state index in [1.807, 2.05) is 7.05 Å². The third-order valence-corrected chi connectivity index (χ3v) is 6.31. The zero-order valence-electron chi connectivity index (χ0n) is 12.1. The molecule has 0 saturated carbocycles. The van der Waals surface area contributed by atoms with Crippen LogP contribution >= 0.6 is 0 Å². The molecule has 1 N–H and O–H groups in total. The van der Waals surface area contributed by atoms with Gasteiger partial charge in [0.2, 0.25) is 0 Å². The molecule has 0 aliphatic carbocycles. The van der Waals surface area contributed by atoms with E-state index >= 15 is 0 Å². The lowest BCUT2D eigenvalue weighted by atomic mass is 9.90. The number of nitrogens with one attached hydrogen (secondary N) is 1. The summed E-state index contributed by atoms with van der Waals surface area (Å²) in [7, 11) is -0.878. The minimum atomic E-state index is -2.90. The number of hydrogen-bond acceptors (Lipinski definition) is 4. The van der Waals surface area contributed by atoms with Crippen molar-refractivity contribution in [3.8, 4) is 0 Å². The van der Waals surface area contributed by atoms with Crippen LogP contribution < -0.4 is 5.32 Å². The summed E-state index contributed by atoms with van der Waals surface area (Å²) in [5.74, 6) is 0.941. The van der Waals surface area contributed by atoms with Gasteiger partial charge in [-0.15, -0.1) is 0 Å². The highest BCUT2D eigenvalue weighted by molar-refractivity contribution is 7.92. The van der Waals surface area contributed by atoms with Gasteiger partial charge in [-0.25, -0.2) is 8.42 Å². The van der Waals surface area contributed by atoms with E-state index < -0.39 is 9.84 Å². The Morgan fingerprint density at radius 2 is 2.06 bits per heavy atom. The number of piperidine rings is 1. The molecule has 0 spiro atoms. The van der Waals surface area contributed by atoms with E-state index in [1.54, 1.807) is 13.8 Å². The first-order valence-electron chi connectivity index (χ1n) is 7.01. The summed E-state index contributed by atoms with van der Waals surface area (Å²) in [5.41, 5.74) is 0. The molecule has 0 aromatic carbocycles. The van der Waals surface area contributed by atoms with Crippen molar-refractivity contribution in [3.63, 3.8) is 0 Å². The lowest BCUT2D eigenvalue weighted by Gasteiger charge is -2.38. The molecule has 1 heterocycles. The van der Waals surface area contributed by atoms with E-state index in [9.17, 15) is 8.42 Å². The normalized spacial score (nSPS) is 26.7. The molecule has 1 saturated heterocycles. The highest BCUT2D eigenvalue weighted by Crippen LogP contribution is 2.20. The van der Waals surface area contributed by atoms with E-state index in [1.165, 1.54) is 0 Å². The van der Waals surface area contributed by atoms with Crippen molar-refractivity contribution in [2.75, 3.05) is 32.4 Å². The van der Waals surface area contributed by atoms with Crippen molar-refractivity contribution in [3.05, 3.63) is 0 Å². The maximum absolute atomic E-state index is 11.8. The van der Waals surface area contributed by atoms with Crippen molar-refractivity contribution < 1.29 is 8.42 Å². The van der Waals surface area contributed by atoms with Crippen LogP contribution in [0.25, 0.3) is 0 Å². The Morgan fingerprint density at radius 3 is 2.56 bits per heavy atom. The number of nitrogens with zero attached hydrogens (tertiary/aromatic N) is 1. The molecule has 1 fully saturated rings. The first-order valence-corrected chi connectivity index (χ1v) is 8.73. The molecule has 0 aromatic heterocycles. The monoisotopic (exact) mass is 276 g/mol. The van der Waals surface area contributed by atoms with Crippen molar-refractivity contribution in [2.24, 2.45) is 5.92 Å². The van der Waals surface area contributed by atoms with Gasteiger partial charge in [0.1, 0.15) is 0 Å². The zero-order valence-corrected chi connectivity index (χ0v) is 13.0. The van der Waals surface area contributed by atoms with Crippen molar-refractivity contribution in [1.82, 2.24) is 10.2 Å². The average molecular weight is 276 g/mol. The molecule has 108 valence electrons. The van der Waals surface area contributed by atoms with Crippen LogP contribution in [0.4, 0.5) is 0 Å². The quantitative estimate of drug-likeness (QED) is 0.790. The molecule has 1 rings (SSSR count). The molecule has 0 radical (unpaired) electrons. The molecule has 2 unspecified atom stereocenters. The summed E-state index contributed by atoms with van der Waals surface area (Å²) in [6, 6.07) is 0.591. The lowest BCUT2D eigenvalue weighted by Crippen LogP contribution is -2.49. The van der Waals surface area contributed by atoms with E-state index in [2.05, 4.69) is 17.1 Å². The van der Waals surface area contributed by atoms with Gasteiger partial charge in [-0.3, -0.25) is 0 Å². The predicted molar refractivity (Wildman–Crippen MR) is 76.6 cm³/mol. The first-order chi connectivity index (χ1) is 8.40. The molecular formula is C13H28N2O2S. The Morgan fingerprint density at radius 1 is 1.39 bits per heavy atom. The summed E-state index contributed by atoms with van der Waals surface area (Å²) in [4.78, 5) is 2.31. The third kappa shape index (κ3) is 4.21. The van der Waals surface area contributed by atoms with Gasteiger partial charge in [0.05, 0.1) is 11.0 Å². The van der Waals surface area contributed by atoms with Crippen molar-refractivity contribution >= 4 is 9.84 Å². The van der Waals surface area contributed by atoms with Gasteiger partial charge in [0, 0.05) is 19.1 Å². The summed E-state index contributed by atoms with van der Waals surface area (Å²) in [5, 5.41) is 3.12. The maximum atomic E-state index is 11.8. The molecular weight excluding hydrogens is 248 g/mol. The number of sulfone groups is 1. The Kier molecular flexibility index (Phi) is 6.08. The second kappa shape index (κ2) is 6.87. The minimum Gasteiger partial charge on any atom is -0.317 e. The van der Waals surface area contributed by atoms with Crippen LogP contribution in [0.5, 0.6) is 0 Å². The highest BCUT2D eigenvalue weighted by Gasteiger charge is 2.27. The second-order valence-corrected chi connectivity index (χ2v) is 8.25. The summed E-state index contributed by atoms with van der Waals surface area (Å²) >= 11 is 0. The van der Waals surface area contributed by atoms with Gasteiger partial charge in [-0.05, 0) is 39.8 Å². The fourth-order valence-corrected chi connectivity index (χ4v) is 3.58. The van der Waals surface area contributed by atoms with Gasteiger partial charge in [0.25, 0.3) is 0 Å². The Labute approximate surface area is 112 Å². The molecule has 0 bridgehead atoms. The number of likely N-dealkylation sites (tertiary alicyclic amines) is 1. The highest BCUT2D eigenvalue weighted by atomic mass is 32.2. The Balaban J connectivity index is 2.46. The van der Waals surface area contributed by atoms with Gasteiger partial charge < -0.3 is 10.2 Å². The zero-order chi connectivity index (χ0) is 13.8. The van der Waals surface area contributed by atoms with Crippen LogP contribution in [0, 0.1) is 5.92 Å². The molecule has 0 amide bonds. The van der Waals surface area contributed by atoms with Crippen LogP contribution in [0.15, 0.2) is 0 Å². The van der Waals surface area contributed by atoms with Crippen LogP contribution in [-0.2, 0) is 9.84 Å². The lowest BCUT2D eigenvalue weighted by molar-refractivity contribution is 0.145. The molecule has 2 atom stereocenters. The predicted octanol–water partition coefficient (Wildman–Crippen LogP) is 1.13. The molecule has 18 heavy (non-hydrogen) atoms. The SMILES string of the molecule is CCC1CN(CCS(=O)(=O)C(C)C)CCC1NC. The van der Waals surface area contributed by atoms with Crippen molar-refractivity contribution in [2.45, 2.75) is 44.9 Å². The van der Waals surface area contributed by atoms with Crippen molar-refractivity contribution in [1.29, 1.82) is 0 Å². The van der Waals surface area contributed by atoms with Crippen LogP contribution in [0.1, 0.15) is 33.6 Å². The van der Waals surface area contributed by atoms with E-state index in [-0.39, 0.29) is 5.25 Å². The van der Waals surface area contributed by atoms with E-state index in [0.29, 0.717) is 24.3 Å². The first kappa shape index (κ1) is 15.9. The molecule has 5 heteroatoms. The summed E-state index contributed by atoms with van der Waals surface area (Å²) in [6.07, 6.45) is 2.27. The van der Waals surface area contributed by atoms with Gasteiger partial charge in [-0.1, -0.05) is 13.3 Å². The van der Waals surface area contributed by atoms with Gasteiger partial charge in [0.15, 0.2) is 9.84 Å². The maximum Gasteiger partial charge on any atom is 0.153 e. The van der Waals surface area contributed by atoms with Crippen LogP contribution in [0.3, 0.4) is 0 Å². The van der Waals surface area contributed by atoms with Crippen LogP contribution in [0.2, 0.25) is 0 Å². The molecule has 4 nitrogen and oxygen atoms in total. The second-order valence-electron chi connectivity index (χ2n) is 5.57. The molecule has 1 aliphatic rings. The Bertz CT molecular complexity index is 341. The summed E-state index contributed by atoms with van der Waals surface area (Å²) in [6.45, 7) is 8.46. The average Bonchev–Trinajstić information content (AvgIpc) is 2.35. The fourth-order valence-electron chi connectivity index (χ4n) is 2.60. The standard InChI is InChI=1S/C13H28N2O2S/c1-5-12-10-15(7-6-13(12)14-4)8-9-18(16,17)11(2)3/h11-14H,5-10H2,1-4H3. The Hall–Kier alpha value is -0.130. The van der Waals surface area contributed by atoms with Crippen LogP contribution in [-0.4, -0.2) is 57.0 Å². The van der Waals surface area contributed by atoms with E-state index in [4.69, 9.17) is 0 Å². The van der Waals surface area contributed by atoms with Gasteiger partial charge >= 0.3 is 0 Å². The third-order valence-electron chi connectivity index (χ3n) is 4.12. The topological polar surface area (TPSA) is 49.4 Å². The number of rotatable bonds is 6. The summed E-state index contributed by atoms with van der Waals surface area (Å²) < 4.78 is 23.6. The largest absolute Gasteiger partial charge is 0.317 e. The minimum absolute atomic E-state index is 0.255. The van der Waals surface area contributed by atoms with E-state index in [0.717, 1.165) is 25.9 Å². The number of hydrogen-bond donors (Lipinski definition) is 1. The van der Waals surface area contributed by atoms with Gasteiger partial charge in [-0.2, -0.15) is 0 Å². The fraction of sp³-hybridized carbons (Fsp3) is 1.00.